The third-order valence-electron chi connectivity index (χ3n) is 0.409. The van der Waals surface area contributed by atoms with Gasteiger partial charge in [0.1, 0.15) is 0 Å². The number of hydrogen-bond acceptors (Lipinski definition) is 3. The first-order chi connectivity index (χ1) is 3.00. The van der Waals surface area contributed by atoms with Gasteiger partial charge in [0, 0.05) is 0 Å². The summed E-state index contributed by atoms with van der Waals surface area (Å²) in [5, 5.41) is 6.93. The van der Waals surface area contributed by atoms with Gasteiger partial charge in [-0.3, -0.25) is 0 Å². The van der Waals surface area contributed by atoms with Gasteiger partial charge in [-0.1, -0.05) is 0 Å². The summed E-state index contributed by atoms with van der Waals surface area (Å²) in [6.07, 6.45) is 1.72. The molecule has 0 saturated heterocycles. The van der Waals surface area contributed by atoms with Crippen LogP contribution < -0.4 is 0 Å². The van der Waals surface area contributed by atoms with Crippen molar-refractivity contribution in [2.45, 2.75) is 0 Å². The van der Waals surface area contributed by atoms with E-state index >= 15 is 0 Å². The molecular weight excluding hydrogens is 181 g/mol. The van der Waals surface area contributed by atoms with Crippen molar-refractivity contribution in [3.8, 4) is 0 Å². The summed E-state index contributed by atoms with van der Waals surface area (Å²) < 4.78 is 5.77. The van der Waals surface area contributed by atoms with Crippen LogP contribution in [0.3, 0.4) is 0 Å². The molecule has 0 spiro atoms. The van der Waals surface area contributed by atoms with Crippen LogP contribution in [-0.2, 0) is 0 Å². The van der Waals surface area contributed by atoms with Gasteiger partial charge in [-0.15, -0.1) is 0 Å². The van der Waals surface area contributed by atoms with Crippen LogP contribution in [0.15, 0.2) is 23.4 Å². The van der Waals surface area contributed by atoms with Crippen LogP contribution in [0.5, 0.6) is 0 Å². The fourth-order valence-electron chi connectivity index (χ4n) is 0.205. The maximum atomic E-state index is 3.74. The van der Waals surface area contributed by atoms with Gasteiger partial charge >= 0.3 is 46.1 Å². The normalized spacial score (nSPS) is 14.7. The van der Waals surface area contributed by atoms with E-state index in [0.29, 0.717) is 0 Å². The molecule has 1 aliphatic rings. The second-order valence-corrected chi connectivity index (χ2v) is 3.42. The van der Waals surface area contributed by atoms with E-state index in [4.69, 9.17) is 0 Å². The average molecular weight is 183 g/mol. The van der Waals surface area contributed by atoms with Crippen molar-refractivity contribution in [1.29, 1.82) is 0 Å². The zero-order chi connectivity index (χ0) is 4.24. The van der Waals surface area contributed by atoms with Gasteiger partial charge in [0.25, 0.3) is 0 Å². The van der Waals surface area contributed by atoms with E-state index in [0.717, 1.165) is 0 Å². The molecule has 0 radical (unpaired) electrons. The fourth-order valence-corrected chi connectivity index (χ4v) is 1.20. The Balaban J connectivity index is 2.77. The second-order valence-electron chi connectivity index (χ2n) is 0.811. The Hall–Kier alpha value is 0.0101. The van der Waals surface area contributed by atoms with E-state index in [9.17, 15) is 0 Å². The van der Waals surface area contributed by atoms with Crippen molar-refractivity contribution in [1.82, 2.24) is 0 Å². The van der Waals surface area contributed by atoms with Crippen molar-refractivity contribution >= 4 is 22.7 Å². The third-order valence-corrected chi connectivity index (χ3v) is 2.07. The zero-order valence-electron chi connectivity index (χ0n) is 3.07. The molecule has 28 valence electrons. The molecule has 1 aliphatic heterocycles. The van der Waals surface area contributed by atoms with Gasteiger partial charge in [0.15, 0.2) is 0 Å². The summed E-state index contributed by atoms with van der Waals surface area (Å²) in [4.78, 5) is 0. The summed E-state index contributed by atoms with van der Waals surface area (Å²) in [6, 6.07) is 0. The van der Waals surface area contributed by atoms with Gasteiger partial charge in [-0.2, -0.15) is 0 Å². The van der Waals surface area contributed by atoms with E-state index in [-0.39, 0.29) is 0 Å². The van der Waals surface area contributed by atoms with Crippen LogP contribution in [-0.4, -0.2) is 22.7 Å². The van der Waals surface area contributed by atoms with Crippen LogP contribution in [0, 0.1) is 0 Å². The Morgan fingerprint density at radius 1 is 1.50 bits per heavy atom. The summed E-state index contributed by atoms with van der Waals surface area (Å²) in [5.74, 6) is 0. The van der Waals surface area contributed by atoms with Crippen LogP contribution in [0.1, 0.15) is 0 Å². The monoisotopic (exact) mass is 183 g/mol. The summed E-state index contributed by atoms with van der Waals surface area (Å²) in [6.45, 7) is 0. The SMILES string of the molecule is C1=[CH][In]=[N]N=N1. The minimum atomic E-state index is -0.672. The van der Waals surface area contributed by atoms with Crippen LogP contribution in [0.2, 0.25) is 0 Å². The van der Waals surface area contributed by atoms with Crippen LogP contribution >= 0.6 is 0 Å². The quantitative estimate of drug-likeness (QED) is 0.530. The Morgan fingerprint density at radius 2 is 2.50 bits per heavy atom. The zero-order valence-corrected chi connectivity index (χ0v) is 6.37. The van der Waals surface area contributed by atoms with Gasteiger partial charge in [-0.25, -0.2) is 0 Å². The van der Waals surface area contributed by atoms with Gasteiger partial charge in [0.2, 0.25) is 0 Å². The molecule has 1 heterocycles. The predicted molar refractivity (Wildman–Crippen MR) is 22.2 cm³/mol. The standard InChI is InChI=1S/C2H2N3.In/c1-2-4-5-3;/h1-2H;. The summed E-state index contributed by atoms with van der Waals surface area (Å²) in [7, 11) is 0. The van der Waals surface area contributed by atoms with E-state index < -0.39 is 22.7 Å². The number of nitrogens with zero attached hydrogens (tertiary/aromatic N) is 3. The molecule has 3 nitrogen and oxygen atoms in total. The Kier molecular flexibility index (Phi) is 1.55. The fraction of sp³-hybridized carbons (Fsp3) is 0. The molecule has 0 aliphatic carbocycles. The van der Waals surface area contributed by atoms with Gasteiger partial charge in [-0.05, 0) is 0 Å². The van der Waals surface area contributed by atoms with Crippen molar-refractivity contribution in [3.63, 3.8) is 0 Å². The molecule has 0 atom stereocenters. The molecule has 0 saturated carbocycles. The molecule has 0 unspecified atom stereocenters. The molecule has 0 aromatic heterocycles. The second kappa shape index (κ2) is 2.23. The van der Waals surface area contributed by atoms with Gasteiger partial charge < -0.3 is 0 Å². The Labute approximate surface area is 46.4 Å². The van der Waals surface area contributed by atoms with E-state index in [2.05, 4.69) is 13.4 Å². The number of hydrogen-bond donors (Lipinski definition) is 0. The maximum absolute atomic E-state index is 3.74. The van der Waals surface area contributed by atoms with Gasteiger partial charge in [0.05, 0.1) is 0 Å². The molecule has 0 amide bonds. The Morgan fingerprint density at radius 3 is 2.67 bits per heavy atom. The molecule has 0 aromatic rings. The first-order valence-corrected chi connectivity index (χ1v) is 4.96. The molecule has 0 aromatic carbocycles. The molecular formula is C2H2InN3. The molecule has 0 N–H and O–H groups in total. The molecule has 0 fully saturated rings. The minimum absolute atomic E-state index is 0.672. The average Bonchev–Trinajstić information content (AvgIpc) is 1.72. The first kappa shape index (κ1) is 4.18. The third kappa shape index (κ3) is 1.01. The molecule has 6 heavy (non-hydrogen) atoms. The molecule has 0 bridgehead atoms. The molecule has 4 heteroatoms. The Bertz CT molecular complexity index is 78.2. The van der Waals surface area contributed by atoms with Crippen molar-refractivity contribution in [2.24, 2.45) is 13.4 Å². The van der Waals surface area contributed by atoms with Crippen LogP contribution in [0.4, 0.5) is 0 Å². The molecule has 1 rings (SSSR count). The number of rotatable bonds is 0. The van der Waals surface area contributed by atoms with Crippen LogP contribution in [0.25, 0.3) is 0 Å². The summed E-state index contributed by atoms with van der Waals surface area (Å²) >= 11 is -0.672. The topological polar surface area (TPSA) is 37.1 Å². The predicted octanol–water partition coefficient (Wildman–Crippen LogP) is 0.726. The van der Waals surface area contributed by atoms with E-state index in [1.165, 1.54) is 0 Å². The summed E-state index contributed by atoms with van der Waals surface area (Å²) in [5.41, 5.74) is 0. The van der Waals surface area contributed by atoms with E-state index in [1.807, 2.05) is 3.83 Å². The van der Waals surface area contributed by atoms with E-state index in [1.54, 1.807) is 6.20 Å². The first-order valence-electron chi connectivity index (χ1n) is 1.58. The van der Waals surface area contributed by atoms with Crippen molar-refractivity contribution in [3.05, 3.63) is 10.0 Å². The van der Waals surface area contributed by atoms with Crippen molar-refractivity contribution in [2.75, 3.05) is 0 Å². The van der Waals surface area contributed by atoms with Crippen molar-refractivity contribution < 1.29 is 0 Å².